The van der Waals surface area contributed by atoms with Crippen LogP contribution in [-0.2, 0) is 28.2 Å². The molecule has 0 rings (SSSR count). The van der Waals surface area contributed by atoms with E-state index in [4.69, 9.17) is 19.3 Å². The highest BCUT2D eigenvalue weighted by Gasteiger charge is 2.22. The lowest BCUT2D eigenvalue weighted by molar-refractivity contribution is -0.161. The summed E-state index contributed by atoms with van der Waals surface area (Å²) < 4.78 is 26.2. The van der Waals surface area contributed by atoms with Gasteiger partial charge in [0.2, 0.25) is 0 Å². The van der Waals surface area contributed by atoms with Gasteiger partial charge in [0.15, 0.2) is 6.10 Å². The maximum absolute atomic E-state index is 12.3. The molecule has 0 bridgehead atoms. The van der Waals surface area contributed by atoms with Gasteiger partial charge in [-0.15, -0.1) is 0 Å². The van der Waals surface area contributed by atoms with Crippen LogP contribution in [0.25, 0.3) is 0 Å². The molecule has 0 amide bonds. The molecule has 0 radical (unpaired) electrons. The summed E-state index contributed by atoms with van der Waals surface area (Å²) in [6.07, 6.45) is 41.2. The zero-order valence-corrected chi connectivity index (χ0v) is 31.3. The number of phosphoric acid groups is 1. The van der Waals surface area contributed by atoms with Gasteiger partial charge in [-0.25, -0.2) is 4.57 Å². The number of carbonyl (C=O) groups excluding carboxylic acids is 2. The fourth-order valence-corrected chi connectivity index (χ4v) is 5.37. The van der Waals surface area contributed by atoms with E-state index in [9.17, 15) is 14.2 Å². The Bertz CT molecular complexity index is 921. The van der Waals surface area contributed by atoms with E-state index in [1.807, 2.05) is 6.08 Å². The molecule has 8 nitrogen and oxygen atoms in total. The third kappa shape index (κ3) is 36.8. The molecule has 0 saturated heterocycles. The summed E-state index contributed by atoms with van der Waals surface area (Å²) in [5.74, 6) is -0.950. The highest BCUT2D eigenvalue weighted by atomic mass is 31.2. The number of hydrogen-bond acceptors (Lipinski definition) is 6. The second kappa shape index (κ2) is 34.9. The van der Waals surface area contributed by atoms with Crippen LogP contribution in [0.15, 0.2) is 48.6 Å². The number of carbonyl (C=O) groups is 2. The molecule has 1 atom stereocenters. The zero-order chi connectivity index (χ0) is 35.4. The van der Waals surface area contributed by atoms with Crippen LogP contribution in [0.2, 0.25) is 0 Å². The molecule has 278 valence electrons. The average molecular weight is 697 g/mol. The van der Waals surface area contributed by atoms with Gasteiger partial charge in [-0.1, -0.05) is 152 Å². The van der Waals surface area contributed by atoms with Crippen molar-refractivity contribution in [2.45, 2.75) is 174 Å². The first-order valence-corrected chi connectivity index (χ1v) is 20.5. The van der Waals surface area contributed by atoms with Crippen molar-refractivity contribution in [2.24, 2.45) is 0 Å². The van der Waals surface area contributed by atoms with E-state index in [-0.39, 0.29) is 19.4 Å². The summed E-state index contributed by atoms with van der Waals surface area (Å²) in [6, 6.07) is 0. The highest BCUT2D eigenvalue weighted by molar-refractivity contribution is 7.46. The Balaban J connectivity index is 4.08. The summed E-state index contributed by atoms with van der Waals surface area (Å²) >= 11 is 0. The van der Waals surface area contributed by atoms with Crippen LogP contribution in [0.5, 0.6) is 0 Å². The van der Waals surface area contributed by atoms with Crippen LogP contribution in [0.3, 0.4) is 0 Å². The molecule has 0 heterocycles. The lowest BCUT2D eigenvalue weighted by atomic mass is 10.0. The fraction of sp³-hybridized carbons (Fsp3) is 0.744. The van der Waals surface area contributed by atoms with Gasteiger partial charge in [0.1, 0.15) is 6.61 Å². The summed E-state index contributed by atoms with van der Waals surface area (Å²) in [5.41, 5.74) is 0. The molecule has 0 aliphatic carbocycles. The molecule has 0 spiro atoms. The number of esters is 2. The lowest BCUT2D eigenvalue weighted by Crippen LogP contribution is -2.29. The highest BCUT2D eigenvalue weighted by Crippen LogP contribution is 2.36. The predicted octanol–water partition coefficient (Wildman–Crippen LogP) is 11.2. The quantitative estimate of drug-likeness (QED) is 0.0295. The molecule has 0 fully saturated rings. The summed E-state index contributed by atoms with van der Waals surface area (Å²) in [4.78, 5) is 42.6. The van der Waals surface area contributed by atoms with Crippen LogP contribution in [-0.4, -0.2) is 41.0 Å². The number of unbranched alkanes of at least 4 members (excludes halogenated alkanes) is 16. The topological polar surface area (TPSA) is 119 Å². The van der Waals surface area contributed by atoms with E-state index in [2.05, 4.69) is 60.9 Å². The number of phosphoric ester groups is 1. The van der Waals surface area contributed by atoms with Gasteiger partial charge in [0.25, 0.3) is 0 Å². The molecule has 9 heteroatoms. The van der Waals surface area contributed by atoms with Crippen LogP contribution in [0.4, 0.5) is 0 Å². The van der Waals surface area contributed by atoms with Gasteiger partial charge >= 0.3 is 19.8 Å². The second-order valence-electron chi connectivity index (χ2n) is 12.6. The summed E-state index contributed by atoms with van der Waals surface area (Å²) in [7, 11) is -4.76. The van der Waals surface area contributed by atoms with Gasteiger partial charge in [-0.3, -0.25) is 14.1 Å². The molecule has 48 heavy (non-hydrogen) atoms. The molecular formula is C39H69O8P. The van der Waals surface area contributed by atoms with Gasteiger partial charge in [0.05, 0.1) is 6.61 Å². The zero-order valence-electron chi connectivity index (χ0n) is 30.4. The largest absolute Gasteiger partial charge is 0.469 e. The molecule has 0 aromatic carbocycles. The maximum Gasteiger partial charge on any atom is 0.469 e. The first-order chi connectivity index (χ1) is 23.3. The minimum absolute atomic E-state index is 0.136. The lowest BCUT2D eigenvalue weighted by Gasteiger charge is -2.18. The van der Waals surface area contributed by atoms with E-state index in [1.165, 1.54) is 89.9 Å². The SMILES string of the molecule is CCCCC/C=C\C/C=C\C/C=C\C/C=C\CCCC(=O)O[C@H](COC(=O)CCCCCCCCCCCCCCC)COP(=O)(O)O. The summed E-state index contributed by atoms with van der Waals surface area (Å²) in [6.45, 7) is 3.60. The van der Waals surface area contributed by atoms with Crippen molar-refractivity contribution in [3.05, 3.63) is 48.6 Å². The smallest absolute Gasteiger partial charge is 0.462 e. The van der Waals surface area contributed by atoms with Crippen molar-refractivity contribution >= 4 is 19.8 Å². The molecule has 0 aliphatic heterocycles. The molecule has 0 aromatic heterocycles. The minimum Gasteiger partial charge on any atom is -0.462 e. The maximum atomic E-state index is 12.3. The Morgan fingerprint density at radius 3 is 1.46 bits per heavy atom. The Kier molecular flexibility index (Phi) is 33.4. The molecule has 0 saturated carbocycles. The summed E-state index contributed by atoms with van der Waals surface area (Å²) in [5, 5.41) is 0. The number of rotatable bonds is 34. The van der Waals surface area contributed by atoms with E-state index >= 15 is 0 Å². The van der Waals surface area contributed by atoms with Crippen LogP contribution in [0, 0.1) is 0 Å². The predicted molar refractivity (Wildman–Crippen MR) is 198 cm³/mol. The Hall–Kier alpha value is -1.99. The number of hydrogen-bond donors (Lipinski definition) is 2. The Labute approximate surface area is 293 Å². The Morgan fingerprint density at radius 2 is 0.958 bits per heavy atom. The van der Waals surface area contributed by atoms with Gasteiger partial charge in [-0.05, 0) is 51.4 Å². The molecule has 0 aromatic rings. The Morgan fingerprint density at radius 1 is 0.542 bits per heavy atom. The first-order valence-electron chi connectivity index (χ1n) is 18.9. The van der Waals surface area contributed by atoms with Gasteiger partial charge in [-0.2, -0.15) is 0 Å². The molecule has 0 unspecified atom stereocenters. The first kappa shape index (κ1) is 46.0. The number of allylic oxidation sites excluding steroid dienone is 8. The van der Waals surface area contributed by atoms with Gasteiger partial charge < -0.3 is 19.3 Å². The molecular weight excluding hydrogens is 627 g/mol. The normalized spacial score (nSPS) is 13.0. The van der Waals surface area contributed by atoms with Crippen LogP contribution < -0.4 is 0 Å². The fourth-order valence-electron chi connectivity index (χ4n) is 5.01. The monoisotopic (exact) mass is 696 g/mol. The second-order valence-corrected chi connectivity index (χ2v) is 13.8. The third-order valence-electron chi connectivity index (χ3n) is 7.85. The van der Waals surface area contributed by atoms with Gasteiger partial charge in [0, 0.05) is 12.8 Å². The van der Waals surface area contributed by atoms with Crippen molar-refractivity contribution in [3.8, 4) is 0 Å². The third-order valence-corrected chi connectivity index (χ3v) is 8.34. The van der Waals surface area contributed by atoms with Crippen molar-refractivity contribution in [1.29, 1.82) is 0 Å². The standard InChI is InChI=1S/C39H69O8P/c1-3-5-7-9-11-13-15-17-18-19-20-22-24-26-28-30-32-34-39(41)47-37(36-46-48(42,43)44)35-45-38(40)33-31-29-27-25-23-21-16-14-12-10-8-6-4-2/h11,13,17-18,20,22,26,28,37H,3-10,12,14-16,19,21,23-25,27,29-36H2,1-2H3,(H2,42,43,44)/b13-11-,18-17-,22-20-,28-26-/t37-/m1/s1. The van der Waals surface area contributed by atoms with E-state index in [1.54, 1.807) is 0 Å². The van der Waals surface area contributed by atoms with Crippen molar-refractivity contribution in [1.82, 2.24) is 0 Å². The average Bonchev–Trinajstić information content (AvgIpc) is 3.05. The molecule has 2 N–H and O–H groups in total. The van der Waals surface area contributed by atoms with Crippen LogP contribution in [0.1, 0.15) is 168 Å². The van der Waals surface area contributed by atoms with Crippen LogP contribution >= 0.6 is 7.82 Å². The van der Waals surface area contributed by atoms with Crippen molar-refractivity contribution in [2.75, 3.05) is 13.2 Å². The number of ether oxygens (including phenoxy) is 2. The van der Waals surface area contributed by atoms with Crippen molar-refractivity contribution < 1.29 is 37.9 Å². The van der Waals surface area contributed by atoms with Crippen molar-refractivity contribution in [3.63, 3.8) is 0 Å². The molecule has 0 aliphatic rings. The van der Waals surface area contributed by atoms with E-state index in [0.717, 1.165) is 38.5 Å². The minimum atomic E-state index is -4.76. The van der Waals surface area contributed by atoms with E-state index in [0.29, 0.717) is 12.8 Å². The van der Waals surface area contributed by atoms with E-state index < -0.39 is 32.5 Å².